The molecule has 1 rings (SSSR count). The Balaban J connectivity index is 3.02. The second-order valence-corrected chi connectivity index (χ2v) is 2.68. The van der Waals surface area contributed by atoms with E-state index in [1.807, 2.05) is 0 Å². The molecule has 0 fully saturated rings. The van der Waals surface area contributed by atoms with E-state index in [-0.39, 0.29) is 17.3 Å². The van der Waals surface area contributed by atoms with Gasteiger partial charge in [-0.25, -0.2) is 4.79 Å². The van der Waals surface area contributed by atoms with Crippen LogP contribution in [0.4, 0.5) is 0 Å². The van der Waals surface area contributed by atoms with Crippen molar-refractivity contribution in [2.75, 3.05) is 6.61 Å². The van der Waals surface area contributed by atoms with Gasteiger partial charge in [-0.15, -0.1) is 0 Å². The lowest BCUT2D eigenvalue weighted by molar-refractivity contribution is 0.0524. The van der Waals surface area contributed by atoms with Gasteiger partial charge in [0.1, 0.15) is 10.7 Å². The predicted molar refractivity (Wildman–Crippen MR) is 48.0 cm³/mol. The Hall–Kier alpha value is -1.29. The summed E-state index contributed by atoms with van der Waals surface area (Å²) in [6, 6.07) is 2.76. The lowest BCUT2D eigenvalue weighted by Crippen LogP contribution is -2.19. The Morgan fingerprint density at radius 1 is 1.62 bits per heavy atom. The molecule has 0 aliphatic heterocycles. The zero-order chi connectivity index (χ0) is 9.84. The summed E-state index contributed by atoms with van der Waals surface area (Å²) in [5, 5.41) is 0.193. The lowest BCUT2D eigenvalue weighted by atomic mass is 10.3. The van der Waals surface area contributed by atoms with Gasteiger partial charge in [-0.2, -0.15) is 0 Å². The fraction of sp³-hybridized carbons (Fsp3) is 0.250. The molecule has 0 spiro atoms. The number of aromatic amines is 1. The number of carbonyl (C=O) groups is 1. The van der Waals surface area contributed by atoms with E-state index >= 15 is 0 Å². The van der Waals surface area contributed by atoms with Gasteiger partial charge in [-0.1, -0.05) is 11.6 Å². The first-order valence-electron chi connectivity index (χ1n) is 3.71. The molecule has 1 N–H and O–H groups in total. The van der Waals surface area contributed by atoms with Crippen molar-refractivity contribution in [2.45, 2.75) is 6.92 Å². The van der Waals surface area contributed by atoms with Crippen LogP contribution in [0.1, 0.15) is 17.3 Å². The van der Waals surface area contributed by atoms with Crippen molar-refractivity contribution < 1.29 is 9.53 Å². The van der Waals surface area contributed by atoms with Crippen molar-refractivity contribution in [3.63, 3.8) is 0 Å². The van der Waals surface area contributed by atoms with Gasteiger partial charge in [0.25, 0.3) is 5.56 Å². The lowest BCUT2D eigenvalue weighted by Gasteiger charge is -1.99. The van der Waals surface area contributed by atoms with Crippen molar-refractivity contribution >= 4 is 17.6 Å². The average Bonchev–Trinajstić information content (AvgIpc) is 2.04. The highest BCUT2D eigenvalue weighted by atomic mass is 35.5. The van der Waals surface area contributed by atoms with E-state index in [0.29, 0.717) is 0 Å². The van der Waals surface area contributed by atoms with E-state index in [0.717, 1.165) is 0 Å². The summed E-state index contributed by atoms with van der Waals surface area (Å²) in [6.45, 7) is 1.91. The van der Waals surface area contributed by atoms with Gasteiger partial charge in [-0.3, -0.25) is 4.79 Å². The number of hydrogen-bond acceptors (Lipinski definition) is 3. The predicted octanol–water partition coefficient (Wildman–Crippen LogP) is 1.21. The average molecular weight is 202 g/mol. The molecule has 0 amide bonds. The molecule has 1 aromatic rings. The monoisotopic (exact) mass is 201 g/mol. The van der Waals surface area contributed by atoms with Crippen molar-refractivity contribution in [2.24, 2.45) is 0 Å². The van der Waals surface area contributed by atoms with Gasteiger partial charge in [-0.05, 0) is 19.1 Å². The second kappa shape index (κ2) is 4.09. The Labute approximate surface area is 79.5 Å². The molecular formula is C8H8ClNO3. The van der Waals surface area contributed by atoms with Gasteiger partial charge in [0.2, 0.25) is 0 Å². The molecular weight excluding hydrogens is 194 g/mol. The fourth-order valence-corrected chi connectivity index (χ4v) is 0.968. The molecule has 0 radical (unpaired) electrons. The van der Waals surface area contributed by atoms with E-state index in [2.05, 4.69) is 9.72 Å². The number of rotatable bonds is 2. The van der Waals surface area contributed by atoms with E-state index < -0.39 is 11.5 Å². The molecule has 0 saturated heterocycles. The van der Waals surface area contributed by atoms with Crippen LogP contribution in [0.3, 0.4) is 0 Å². The highest BCUT2D eigenvalue weighted by Gasteiger charge is 2.10. The van der Waals surface area contributed by atoms with Crippen LogP contribution >= 0.6 is 11.6 Å². The number of carbonyl (C=O) groups excluding carboxylic acids is 1. The first-order valence-corrected chi connectivity index (χ1v) is 4.09. The zero-order valence-corrected chi connectivity index (χ0v) is 7.72. The summed E-state index contributed by atoms with van der Waals surface area (Å²) in [6.07, 6.45) is 0. The number of ether oxygens (including phenoxy) is 1. The van der Waals surface area contributed by atoms with Crippen LogP contribution < -0.4 is 5.56 Å². The second-order valence-electron chi connectivity index (χ2n) is 2.27. The summed E-state index contributed by atoms with van der Waals surface area (Å²) in [5.74, 6) is -0.639. The third-order valence-electron chi connectivity index (χ3n) is 1.37. The summed E-state index contributed by atoms with van der Waals surface area (Å²) >= 11 is 5.49. The number of pyridine rings is 1. The molecule has 0 aromatic carbocycles. The topological polar surface area (TPSA) is 59.2 Å². The van der Waals surface area contributed by atoms with Gasteiger partial charge in [0.05, 0.1) is 6.61 Å². The number of halogens is 1. The van der Waals surface area contributed by atoms with Crippen LogP contribution in [0.15, 0.2) is 16.9 Å². The van der Waals surface area contributed by atoms with Crippen LogP contribution in [-0.2, 0) is 4.74 Å². The summed E-state index contributed by atoms with van der Waals surface area (Å²) < 4.78 is 4.65. The Bertz CT molecular complexity index is 372. The van der Waals surface area contributed by atoms with E-state index in [1.165, 1.54) is 12.1 Å². The molecule has 1 aromatic heterocycles. The Kier molecular flexibility index (Phi) is 3.08. The first-order chi connectivity index (χ1) is 6.15. The quantitative estimate of drug-likeness (QED) is 0.578. The minimum absolute atomic E-state index is 0.0359. The minimum atomic E-state index is -0.639. The number of aromatic nitrogens is 1. The van der Waals surface area contributed by atoms with E-state index in [1.54, 1.807) is 6.92 Å². The highest BCUT2D eigenvalue weighted by Crippen LogP contribution is 2.01. The molecule has 0 saturated carbocycles. The number of esters is 1. The number of H-pyrrole nitrogens is 1. The first kappa shape index (κ1) is 9.80. The SMILES string of the molecule is CCOC(=O)c1ccc(Cl)[nH]c1=O. The van der Waals surface area contributed by atoms with E-state index in [9.17, 15) is 9.59 Å². The molecule has 0 aliphatic rings. The minimum Gasteiger partial charge on any atom is -0.462 e. The smallest absolute Gasteiger partial charge is 0.343 e. The van der Waals surface area contributed by atoms with Gasteiger partial charge in [0.15, 0.2) is 0 Å². The fourth-order valence-electron chi connectivity index (χ4n) is 0.819. The molecule has 0 atom stereocenters. The molecule has 5 heteroatoms. The van der Waals surface area contributed by atoms with Crippen LogP contribution in [0.5, 0.6) is 0 Å². The summed E-state index contributed by atoms with van der Waals surface area (Å²) in [4.78, 5) is 24.5. The molecule has 0 bridgehead atoms. The van der Waals surface area contributed by atoms with Gasteiger partial charge >= 0.3 is 5.97 Å². The van der Waals surface area contributed by atoms with Crippen molar-refractivity contribution in [3.05, 3.63) is 33.2 Å². The summed E-state index contributed by atoms with van der Waals surface area (Å²) in [7, 11) is 0. The largest absolute Gasteiger partial charge is 0.462 e. The zero-order valence-electron chi connectivity index (χ0n) is 6.96. The van der Waals surface area contributed by atoms with Gasteiger partial charge in [0, 0.05) is 0 Å². The van der Waals surface area contributed by atoms with Crippen molar-refractivity contribution in [3.8, 4) is 0 Å². The molecule has 0 unspecified atom stereocenters. The standard InChI is InChI=1S/C8H8ClNO3/c1-2-13-8(12)5-3-4-6(9)10-7(5)11/h3-4H,2H2,1H3,(H,10,11). The maximum absolute atomic E-state index is 11.1. The van der Waals surface area contributed by atoms with Crippen molar-refractivity contribution in [1.29, 1.82) is 0 Å². The van der Waals surface area contributed by atoms with Crippen molar-refractivity contribution in [1.82, 2.24) is 4.98 Å². The normalized spacial score (nSPS) is 9.69. The molecule has 13 heavy (non-hydrogen) atoms. The molecule has 1 heterocycles. The Morgan fingerprint density at radius 2 is 2.31 bits per heavy atom. The number of nitrogens with one attached hydrogen (secondary N) is 1. The maximum Gasteiger partial charge on any atom is 0.343 e. The third-order valence-corrected chi connectivity index (χ3v) is 1.59. The van der Waals surface area contributed by atoms with Crippen LogP contribution in [0.2, 0.25) is 5.15 Å². The number of hydrogen-bond donors (Lipinski definition) is 1. The third kappa shape index (κ3) is 2.32. The van der Waals surface area contributed by atoms with Gasteiger partial charge < -0.3 is 9.72 Å². The molecule has 4 nitrogen and oxygen atoms in total. The summed E-state index contributed by atoms with van der Waals surface area (Å²) in [5.41, 5.74) is -0.572. The molecule has 70 valence electrons. The van der Waals surface area contributed by atoms with Crippen LogP contribution in [0.25, 0.3) is 0 Å². The maximum atomic E-state index is 11.1. The Morgan fingerprint density at radius 3 is 2.85 bits per heavy atom. The van der Waals surface area contributed by atoms with Crippen LogP contribution in [-0.4, -0.2) is 17.6 Å². The van der Waals surface area contributed by atoms with E-state index in [4.69, 9.17) is 11.6 Å². The van der Waals surface area contributed by atoms with Crippen LogP contribution in [0, 0.1) is 0 Å². The highest BCUT2D eigenvalue weighted by molar-refractivity contribution is 6.29. The molecule has 0 aliphatic carbocycles.